The van der Waals surface area contributed by atoms with E-state index in [0.717, 1.165) is 11.3 Å². The fourth-order valence-electron chi connectivity index (χ4n) is 2.74. The number of aryl methyl sites for hydroxylation is 1. The Labute approximate surface area is 115 Å². The van der Waals surface area contributed by atoms with Gasteiger partial charge in [-0.15, -0.1) is 0 Å². The Morgan fingerprint density at radius 1 is 1.21 bits per heavy atom. The number of hydrogen-bond donors (Lipinski definition) is 1. The monoisotopic (exact) mass is 258 g/mol. The number of nitrogens with zero attached hydrogens (tertiary/aromatic N) is 1. The van der Waals surface area contributed by atoms with Crippen LogP contribution in [0.1, 0.15) is 49.0 Å². The summed E-state index contributed by atoms with van der Waals surface area (Å²) in [5.74, 6) is 0.831. The molecule has 3 nitrogen and oxygen atoms in total. The lowest BCUT2D eigenvalue weighted by Gasteiger charge is -2.26. The van der Waals surface area contributed by atoms with E-state index in [4.69, 9.17) is 0 Å². The Kier molecular flexibility index (Phi) is 4.35. The summed E-state index contributed by atoms with van der Waals surface area (Å²) in [7, 11) is 0. The Bertz CT molecular complexity index is 481. The van der Waals surface area contributed by atoms with Gasteiger partial charge in [0.25, 0.3) is 5.91 Å². The zero-order valence-electron chi connectivity index (χ0n) is 11.9. The summed E-state index contributed by atoms with van der Waals surface area (Å²) in [6, 6.07) is 7.58. The summed E-state index contributed by atoms with van der Waals surface area (Å²) >= 11 is 0. The van der Waals surface area contributed by atoms with Crippen LogP contribution in [0.4, 0.5) is 0 Å². The third-order valence-corrected chi connectivity index (χ3v) is 3.96. The van der Waals surface area contributed by atoms with Crippen LogP contribution in [0, 0.1) is 18.8 Å². The normalized spacial score (nSPS) is 25.3. The van der Waals surface area contributed by atoms with Gasteiger partial charge in [0.15, 0.2) is 0 Å². The Morgan fingerprint density at radius 3 is 2.47 bits per heavy atom. The SMILES string of the molecule is Cc1ccccc1C(=O)NN=C1[C@H](C)CCC[C@@H]1C. The molecule has 1 N–H and O–H groups in total. The van der Waals surface area contributed by atoms with Crippen LogP contribution >= 0.6 is 0 Å². The summed E-state index contributed by atoms with van der Waals surface area (Å²) in [5, 5.41) is 4.38. The molecule has 0 aromatic heterocycles. The summed E-state index contributed by atoms with van der Waals surface area (Å²) in [4.78, 5) is 12.1. The van der Waals surface area contributed by atoms with Gasteiger partial charge in [0.2, 0.25) is 0 Å². The van der Waals surface area contributed by atoms with Gasteiger partial charge in [-0.2, -0.15) is 5.10 Å². The quantitative estimate of drug-likeness (QED) is 0.810. The Hall–Kier alpha value is -1.64. The smallest absolute Gasteiger partial charge is 0.267 e. The molecule has 1 aromatic carbocycles. The molecule has 2 atom stereocenters. The average Bonchev–Trinajstić information content (AvgIpc) is 2.38. The second-order valence-corrected chi connectivity index (χ2v) is 5.53. The van der Waals surface area contributed by atoms with Crippen LogP contribution < -0.4 is 5.43 Å². The fraction of sp³-hybridized carbons (Fsp3) is 0.500. The number of nitrogens with one attached hydrogen (secondary N) is 1. The molecule has 2 rings (SSSR count). The summed E-state index contributed by atoms with van der Waals surface area (Å²) in [6.07, 6.45) is 3.60. The van der Waals surface area contributed by atoms with E-state index in [1.807, 2.05) is 31.2 Å². The fourth-order valence-corrected chi connectivity index (χ4v) is 2.74. The zero-order chi connectivity index (χ0) is 13.8. The van der Waals surface area contributed by atoms with Crippen LogP contribution in [-0.4, -0.2) is 11.6 Å². The van der Waals surface area contributed by atoms with Crippen molar-refractivity contribution in [2.24, 2.45) is 16.9 Å². The van der Waals surface area contributed by atoms with Gasteiger partial charge >= 0.3 is 0 Å². The minimum Gasteiger partial charge on any atom is -0.267 e. The van der Waals surface area contributed by atoms with Crippen molar-refractivity contribution < 1.29 is 4.79 Å². The highest BCUT2D eigenvalue weighted by Crippen LogP contribution is 2.25. The molecule has 1 aliphatic rings. The standard InChI is InChI=1S/C16H22N2O/c1-11-7-4-5-10-14(11)16(19)18-17-15-12(2)8-6-9-13(15)3/h4-5,7,10,12-13H,6,8-9H2,1-3H3,(H,18,19)/t12-,13+. The molecule has 19 heavy (non-hydrogen) atoms. The van der Waals surface area contributed by atoms with Crippen molar-refractivity contribution in [3.63, 3.8) is 0 Å². The summed E-state index contributed by atoms with van der Waals surface area (Å²) < 4.78 is 0. The van der Waals surface area contributed by atoms with E-state index >= 15 is 0 Å². The lowest BCUT2D eigenvalue weighted by molar-refractivity contribution is 0.0953. The van der Waals surface area contributed by atoms with E-state index in [9.17, 15) is 4.79 Å². The molecule has 0 aliphatic heterocycles. The molecule has 1 aromatic rings. The van der Waals surface area contributed by atoms with E-state index in [1.54, 1.807) is 0 Å². The van der Waals surface area contributed by atoms with Gasteiger partial charge in [-0.1, -0.05) is 38.5 Å². The average molecular weight is 258 g/mol. The predicted octanol–water partition coefficient (Wildman–Crippen LogP) is 3.54. The lowest BCUT2D eigenvalue weighted by atomic mass is 9.81. The Morgan fingerprint density at radius 2 is 1.84 bits per heavy atom. The molecular weight excluding hydrogens is 236 g/mol. The van der Waals surface area contributed by atoms with Crippen LogP contribution in [0.3, 0.4) is 0 Å². The van der Waals surface area contributed by atoms with Gasteiger partial charge in [0, 0.05) is 11.3 Å². The molecule has 1 saturated carbocycles. The maximum atomic E-state index is 12.1. The van der Waals surface area contributed by atoms with Crippen molar-refractivity contribution >= 4 is 11.6 Å². The van der Waals surface area contributed by atoms with Crippen molar-refractivity contribution in [1.82, 2.24) is 5.43 Å². The van der Waals surface area contributed by atoms with E-state index in [2.05, 4.69) is 24.4 Å². The first-order chi connectivity index (χ1) is 9.09. The molecular formula is C16H22N2O. The first-order valence-electron chi connectivity index (χ1n) is 7.03. The van der Waals surface area contributed by atoms with E-state index in [0.29, 0.717) is 17.4 Å². The van der Waals surface area contributed by atoms with Gasteiger partial charge in [0.05, 0.1) is 0 Å². The summed E-state index contributed by atoms with van der Waals surface area (Å²) in [6.45, 7) is 6.32. The number of carbonyl (C=O) groups is 1. The van der Waals surface area contributed by atoms with Crippen LogP contribution in [0.15, 0.2) is 29.4 Å². The highest BCUT2D eigenvalue weighted by molar-refractivity contribution is 5.97. The first-order valence-corrected chi connectivity index (χ1v) is 7.03. The maximum absolute atomic E-state index is 12.1. The van der Waals surface area contributed by atoms with Gasteiger partial charge in [0.1, 0.15) is 0 Å². The Balaban J connectivity index is 2.09. The molecule has 1 aliphatic carbocycles. The molecule has 1 amide bonds. The number of hydrazone groups is 1. The molecule has 0 radical (unpaired) electrons. The molecule has 3 heteroatoms. The highest BCUT2D eigenvalue weighted by Gasteiger charge is 2.23. The number of rotatable bonds is 2. The van der Waals surface area contributed by atoms with E-state index in [-0.39, 0.29) is 5.91 Å². The summed E-state index contributed by atoms with van der Waals surface area (Å²) in [5.41, 5.74) is 5.53. The van der Waals surface area contributed by atoms with Crippen LogP contribution in [0.2, 0.25) is 0 Å². The van der Waals surface area contributed by atoms with Crippen molar-refractivity contribution in [3.8, 4) is 0 Å². The van der Waals surface area contributed by atoms with Crippen molar-refractivity contribution in [2.75, 3.05) is 0 Å². The van der Waals surface area contributed by atoms with E-state index in [1.165, 1.54) is 19.3 Å². The molecule has 1 fully saturated rings. The molecule has 0 bridgehead atoms. The van der Waals surface area contributed by atoms with Gasteiger partial charge in [-0.3, -0.25) is 4.79 Å². The minimum absolute atomic E-state index is 0.115. The topological polar surface area (TPSA) is 41.5 Å². The number of hydrogen-bond acceptors (Lipinski definition) is 2. The maximum Gasteiger partial charge on any atom is 0.271 e. The molecule has 0 saturated heterocycles. The van der Waals surface area contributed by atoms with Crippen LogP contribution in [0.5, 0.6) is 0 Å². The highest BCUT2D eigenvalue weighted by atomic mass is 16.2. The second kappa shape index (κ2) is 6.00. The molecule has 102 valence electrons. The molecule has 0 spiro atoms. The predicted molar refractivity (Wildman–Crippen MR) is 78.3 cm³/mol. The van der Waals surface area contributed by atoms with Crippen molar-refractivity contribution in [1.29, 1.82) is 0 Å². The minimum atomic E-state index is -0.115. The van der Waals surface area contributed by atoms with Crippen molar-refractivity contribution in [2.45, 2.75) is 40.0 Å². The number of benzene rings is 1. The van der Waals surface area contributed by atoms with Crippen molar-refractivity contribution in [3.05, 3.63) is 35.4 Å². The van der Waals surface area contributed by atoms with Gasteiger partial charge in [-0.05, 0) is 43.2 Å². The van der Waals surface area contributed by atoms with Crippen LogP contribution in [-0.2, 0) is 0 Å². The molecule has 0 heterocycles. The third-order valence-electron chi connectivity index (χ3n) is 3.96. The lowest BCUT2D eigenvalue weighted by Crippen LogP contribution is -2.29. The third kappa shape index (κ3) is 3.22. The molecule has 0 unspecified atom stereocenters. The van der Waals surface area contributed by atoms with Gasteiger partial charge < -0.3 is 0 Å². The largest absolute Gasteiger partial charge is 0.271 e. The second-order valence-electron chi connectivity index (χ2n) is 5.53. The zero-order valence-corrected chi connectivity index (χ0v) is 11.9. The van der Waals surface area contributed by atoms with Crippen LogP contribution in [0.25, 0.3) is 0 Å². The number of carbonyl (C=O) groups excluding carboxylic acids is 1. The van der Waals surface area contributed by atoms with Gasteiger partial charge in [-0.25, -0.2) is 5.43 Å². The van der Waals surface area contributed by atoms with E-state index < -0.39 is 0 Å². The number of amides is 1. The first kappa shape index (κ1) is 13.8.